The Morgan fingerprint density at radius 3 is 2.50 bits per heavy atom. The zero-order valence-corrected chi connectivity index (χ0v) is 11.6. The first kappa shape index (κ1) is 12.6. The summed E-state index contributed by atoms with van der Waals surface area (Å²) in [6.07, 6.45) is 0. The van der Waals surface area contributed by atoms with Crippen LogP contribution >= 0.6 is 0 Å². The molecule has 0 saturated heterocycles. The molecule has 100 valence electrons. The highest BCUT2D eigenvalue weighted by atomic mass is 16.1. The van der Waals surface area contributed by atoms with Gasteiger partial charge >= 0.3 is 0 Å². The lowest BCUT2D eigenvalue weighted by molar-refractivity contribution is 0.710. The van der Waals surface area contributed by atoms with Gasteiger partial charge < -0.3 is 0 Å². The van der Waals surface area contributed by atoms with Gasteiger partial charge in [0.15, 0.2) is 0 Å². The molecule has 0 amide bonds. The normalized spacial score (nSPS) is 10.9. The second-order valence-corrected chi connectivity index (χ2v) is 4.99. The van der Waals surface area contributed by atoms with E-state index in [9.17, 15) is 4.79 Å². The SMILES string of the molecule is Cc1ccccc1Cn1c(C)nc2ccccc2c1=O. The lowest BCUT2D eigenvalue weighted by Crippen LogP contribution is -2.24. The first-order valence-corrected chi connectivity index (χ1v) is 6.67. The molecule has 1 aromatic heterocycles. The van der Waals surface area contributed by atoms with Crippen molar-refractivity contribution in [2.24, 2.45) is 0 Å². The van der Waals surface area contributed by atoms with Gasteiger partial charge in [0.1, 0.15) is 5.82 Å². The van der Waals surface area contributed by atoms with Crippen LogP contribution < -0.4 is 5.56 Å². The second kappa shape index (κ2) is 4.93. The lowest BCUT2D eigenvalue weighted by Gasteiger charge is -2.12. The van der Waals surface area contributed by atoms with E-state index in [4.69, 9.17) is 0 Å². The van der Waals surface area contributed by atoms with Gasteiger partial charge in [-0.25, -0.2) is 4.98 Å². The summed E-state index contributed by atoms with van der Waals surface area (Å²) in [6, 6.07) is 15.6. The summed E-state index contributed by atoms with van der Waals surface area (Å²) < 4.78 is 1.74. The topological polar surface area (TPSA) is 34.9 Å². The molecule has 2 aromatic carbocycles. The van der Waals surface area contributed by atoms with E-state index in [2.05, 4.69) is 24.0 Å². The molecular formula is C17H16N2O. The van der Waals surface area contributed by atoms with Crippen LogP contribution in [0.25, 0.3) is 10.9 Å². The van der Waals surface area contributed by atoms with Gasteiger partial charge in [0, 0.05) is 0 Å². The number of fused-ring (bicyclic) bond motifs is 1. The summed E-state index contributed by atoms with van der Waals surface area (Å²) in [7, 11) is 0. The van der Waals surface area contributed by atoms with Gasteiger partial charge in [-0.15, -0.1) is 0 Å². The Morgan fingerprint density at radius 2 is 1.70 bits per heavy atom. The van der Waals surface area contributed by atoms with E-state index in [1.807, 2.05) is 43.3 Å². The third-order valence-corrected chi connectivity index (χ3v) is 3.64. The minimum Gasteiger partial charge on any atom is -0.292 e. The fourth-order valence-corrected chi connectivity index (χ4v) is 2.42. The Morgan fingerprint density at radius 1 is 1.00 bits per heavy atom. The van der Waals surface area contributed by atoms with E-state index in [1.54, 1.807) is 4.57 Å². The van der Waals surface area contributed by atoms with Crippen molar-refractivity contribution in [1.29, 1.82) is 0 Å². The van der Waals surface area contributed by atoms with Gasteiger partial charge in [0.05, 0.1) is 17.4 Å². The van der Waals surface area contributed by atoms with Gasteiger partial charge in [-0.1, -0.05) is 36.4 Å². The Labute approximate surface area is 117 Å². The third kappa shape index (κ3) is 2.11. The summed E-state index contributed by atoms with van der Waals surface area (Å²) in [5, 5.41) is 0.673. The predicted octanol–water partition coefficient (Wildman–Crippen LogP) is 3.06. The molecule has 0 aliphatic carbocycles. The number of rotatable bonds is 2. The summed E-state index contributed by atoms with van der Waals surface area (Å²) in [4.78, 5) is 17.1. The van der Waals surface area contributed by atoms with Crippen molar-refractivity contribution in [2.45, 2.75) is 20.4 Å². The Kier molecular flexibility index (Phi) is 3.11. The van der Waals surface area contributed by atoms with E-state index in [-0.39, 0.29) is 5.56 Å². The van der Waals surface area contributed by atoms with Crippen LogP contribution in [-0.2, 0) is 6.54 Å². The van der Waals surface area contributed by atoms with Crippen LogP contribution in [0.5, 0.6) is 0 Å². The number of benzene rings is 2. The fourth-order valence-electron chi connectivity index (χ4n) is 2.42. The molecule has 0 fully saturated rings. The van der Waals surface area contributed by atoms with Crippen molar-refractivity contribution < 1.29 is 0 Å². The fraction of sp³-hybridized carbons (Fsp3) is 0.176. The van der Waals surface area contributed by atoms with Gasteiger partial charge in [-0.3, -0.25) is 9.36 Å². The second-order valence-electron chi connectivity index (χ2n) is 4.99. The highest BCUT2D eigenvalue weighted by Gasteiger charge is 2.08. The monoisotopic (exact) mass is 264 g/mol. The Hall–Kier alpha value is -2.42. The molecule has 1 heterocycles. The maximum atomic E-state index is 12.6. The van der Waals surface area contributed by atoms with E-state index >= 15 is 0 Å². The molecule has 0 N–H and O–H groups in total. The summed E-state index contributed by atoms with van der Waals surface area (Å²) in [5.74, 6) is 0.747. The van der Waals surface area contributed by atoms with Crippen LogP contribution in [-0.4, -0.2) is 9.55 Å². The standard InChI is InChI=1S/C17H16N2O/c1-12-7-3-4-8-14(12)11-19-13(2)18-16-10-6-5-9-15(16)17(19)20/h3-10H,11H2,1-2H3. The zero-order chi connectivity index (χ0) is 14.1. The molecule has 0 unspecified atom stereocenters. The van der Waals surface area contributed by atoms with Gasteiger partial charge in [-0.2, -0.15) is 0 Å². The maximum absolute atomic E-state index is 12.6. The summed E-state index contributed by atoms with van der Waals surface area (Å²) in [5.41, 5.74) is 3.12. The average molecular weight is 264 g/mol. The highest BCUT2D eigenvalue weighted by Crippen LogP contribution is 2.11. The van der Waals surface area contributed by atoms with Crippen molar-refractivity contribution in [2.75, 3.05) is 0 Å². The number of nitrogens with zero attached hydrogens (tertiary/aromatic N) is 2. The minimum absolute atomic E-state index is 0.0244. The van der Waals surface area contributed by atoms with Gasteiger partial charge in [0.25, 0.3) is 5.56 Å². The molecule has 0 spiro atoms. The van der Waals surface area contributed by atoms with Crippen LogP contribution in [0.15, 0.2) is 53.3 Å². The minimum atomic E-state index is 0.0244. The van der Waals surface area contributed by atoms with Crippen molar-refractivity contribution in [3.8, 4) is 0 Å². The van der Waals surface area contributed by atoms with Crippen LogP contribution in [0.3, 0.4) is 0 Å². The van der Waals surface area contributed by atoms with Crippen LogP contribution in [0.1, 0.15) is 17.0 Å². The van der Waals surface area contributed by atoms with Crippen molar-refractivity contribution in [1.82, 2.24) is 9.55 Å². The van der Waals surface area contributed by atoms with E-state index < -0.39 is 0 Å². The predicted molar refractivity (Wildman–Crippen MR) is 81.0 cm³/mol. The highest BCUT2D eigenvalue weighted by molar-refractivity contribution is 5.77. The maximum Gasteiger partial charge on any atom is 0.261 e. The van der Waals surface area contributed by atoms with Gasteiger partial charge in [0.2, 0.25) is 0 Å². The van der Waals surface area contributed by atoms with Crippen molar-refractivity contribution in [3.05, 3.63) is 75.8 Å². The van der Waals surface area contributed by atoms with Gasteiger partial charge in [-0.05, 0) is 37.1 Å². The van der Waals surface area contributed by atoms with Crippen molar-refractivity contribution >= 4 is 10.9 Å². The van der Waals surface area contributed by atoms with Crippen LogP contribution in [0, 0.1) is 13.8 Å². The molecule has 3 heteroatoms. The smallest absolute Gasteiger partial charge is 0.261 e. The van der Waals surface area contributed by atoms with E-state index in [0.717, 1.165) is 16.9 Å². The van der Waals surface area contributed by atoms with E-state index in [0.29, 0.717) is 11.9 Å². The number of para-hydroxylation sites is 1. The molecule has 0 aliphatic rings. The molecule has 3 nitrogen and oxygen atoms in total. The summed E-state index contributed by atoms with van der Waals surface area (Å²) >= 11 is 0. The molecule has 0 aliphatic heterocycles. The van der Waals surface area contributed by atoms with Crippen LogP contribution in [0.4, 0.5) is 0 Å². The summed E-state index contributed by atoms with van der Waals surface area (Å²) in [6.45, 7) is 4.51. The first-order valence-electron chi connectivity index (χ1n) is 6.67. The Bertz CT molecular complexity index is 834. The molecule has 20 heavy (non-hydrogen) atoms. The first-order chi connectivity index (χ1) is 9.66. The average Bonchev–Trinajstić information content (AvgIpc) is 2.45. The largest absolute Gasteiger partial charge is 0.292 e. The molecule has 3 rings (SSSR count). The number of hydrogen-bond acceptors (Lipinski definition) is 2. The Balaban J connectivity index is 2.17. The molecule has 0 bridgehead atoms. The zero-order valence-electron chi connectivity index (χ0n) is 11.6. The van der Waals surface area contributed by atoms with Crippen molar-refractivity contribution in [3.63, 3.8) is 0 Å². The van der Waals surface area contributed by atoms with Crippen LogP contribution in [0.2, 0.25) is 0 Å². The van der Waals surface area contributed by atoms with E-state index in [1.165, 1.54) is 5.56 Å². The molecular weight excluding hydrogens is 248 g/mol. The number of aryl methyl sites for hydroxylation is 2. The lowest BCUT2D eigenvalue weighted by atomic mass is 10.1. The number of hydrogen-bond donors (Lipinski definition) is 0. The third-order valence-electron chi connectivity index (χ3n) is 3.64. The quantitative estimate of drug-likeness (QED) is 0.713. The molecule has 0 saturated carbocycles. The molecule has 0 atom stereocenters. The number of aromatic nitrogens is 2. The molecule has 0 radical (unpaired) electrons. The molecule has 3 aromatic rings.